The van der Waals surface area contributed by atoms with Crippen LogP contribution in [0.1, 0.15) is 38.5 Å². The number of rotatable bonds is 3. The molecule has 0 aliphatic heterocycles. The van der Waals surface area contributed by atoms with E-state index in [1.807, 2.05) is 0 Å². The van der Waals surface area contributed by atoms with Crippen LogP contribution < -0.4 is 0 Å². The van der Waals surface area contributed by atoms with Gasteiger partial charge in [0.15, 0.2) is 0 Å². The molecule has 10 heavy (non-hydrogen) atoms. The lowest BCUT2D eigenvalue weighted by Crippen LogP contribution is -2.06. The van der Waals surface area contributed by atoms with Gasteiger partial charge in [-0.25, -0.2) is 0 Å². The maximum absolute atomic E-state index is 2.32. The molecule has 0 N–H and O–H groups in total. The first-order valence-corrected chi connectivity index (χ1v) is 6.29. The van der Waals surface area contributed by atoms with Crippen molar-refractivity contribution >= 4 is 9.52 Å². The molecule has 58 valence electrons. The molecule has 1 aliphatic carbocycles. The van der Waals surface area contributed by atoms with Crippen LogP contribution in [-0.2, 0) is 0 Å². The molecule has 0 saturated heterocycles. The highest BCUT2D eigenvalue weighted by Crippen LogP contribution is 2.27. The van der Waals surface area contributed by atoms with Gasteiger partial charge in [-0.15, -0.1) is 0 Å². The van der Waals surface area contributed by atoms with Crippen LogP contribution in [0.15, 0.2) is 0 Å². The highest BCUT2D eigenvalue weighted by Gasteiger charge is 2.11. The fourth-order valence-corrected chi connectivity index (χ4v) is 2.52. The molecule has 0 spiro atoms. The first-order chi connectivity index (χ1) is 4.93. The highest BCUT2D eigenvalue weighted by atomic mass is 28.2. The Morgan fingerprint density at radius 3 is 2.50 bits per heavy atom. The standard InChI is InChI=1S/C9H18Si/c1-10-8-7-9-5-3-2-4-6-9/h9H,2-8H2,1H3. The van der Waals surface area contributed by atoms with Crippen LogP contribution >= 0.6 is 0 Å². The molecule has 0 aromatic rings. The largest absolute Gasteiger partial charge is 0.0733 e. The summed E-state index contributed by atoms with van der Waals surface area (Å²) in [4.78, 5) is 0. The van der Waals surface area contributed by atoms with E-state index in [4.69, 9.17) is 0 Å². The predicted molar refractivity (Wildman–Crippen MR) is 47.6 cm³/mol. The Kier molecular flexibility index (Phi) is 4.11. The van der Waals surface area contributed by atoms with Crippen molar-refractivity contribution in [1.82, 2.24) is 0 Å². The summed E-state index contributed by atoms with van der Waals surface area (Å²) in [6.45, 7) is 2.32. The molecule has 1 heteroatoms. The monoisotopic (exact) mass is 154 g/mol. The van der Waals surface area contributed by atoms with E-state index >= 15 is 0 Å². The zero-order chi connectivity index (χ0) is 7.23. The maximum Gasteiger partial charge on any atom is 0.0342 e. The molecular formula is C9H18Si. The third kappa shape index (κ3) is 2.87. The van der Waals surface area contributed by atoms with Gasteiger partial charge in [0.1, 0.15) is 0 Å². The van der Waals surface area contributed by atoms with Gasteiger partial charge in [0, 0.05) is 9.52 Å². The molecule has 1 fully saturated rings. The molecule has 0 heterocycles. The average molecular weight is 154 g/mol. The fraction of sp³-hybridized carbons (Fsp3) is 1.00. The second kappa shape index (κ2) is 4.95. The normalized spacial score (nSPS) is 21.3. The Hall–Kier alpha value is 0.217. The second-order valence-electron chi connectivity index (χ2n) is 3.40. The van der Waals surface area contributed by atoms with Crippen LogP contribution in [0.2, 0.25) is 12.6 Å². The van der Waals surface area contributed by atoms with Crippen LogP contribution in [0.4, 0.5) is 0 Å². The van der Waals surface area contributed by atoms with Gasteiger partial charge >= 0.3 is 0 Å². The lowest BCUT2D eigenvalue weighted by Gasteiger charge is -2.20. The van der Waals surface area contributed by atoms with Crippen molar-refractivity contribution in [2.75, 3.05) is 0 Å². The molecule has 0 bridgehead atoms. The summed E-state index contributed by atoms with van der Waals surface area (Å²) in [6.07, 6.45) is 9.11. The quantitative estimate of drug-likeness (QED) is 0.548. The second-order valence-corrected chi connectivity index (χ2v) is 4.60. The minimum absolute atomic E-state index is 1.11. The molecule has 1 aliphatic rings. The van der Waals surface area contributed by atoms with Gasteiger partial charge in [-0.3, -0.25) is 0 Å². The maximum atomic E-state index is 2.32. The van der Waals surface area contributed by atoms with Crippen molar-refractivity contribution < 1.29 is 0 Å². The minimum Gasteiger partial charge on any atom is -0.0733 e. The lowest BCUT2D eigenvalue weighted by molar-refractivity contribution is 0.349. The first kappa shape index (κ1) is 8.31. The van der Waals surface area contributed by atoms with E-state index in [1.54, 1.807) is 0 Å². The summed E-state index contributed by atoms with van der Waals surface area (Å²) in [6, 6.07) is 1.49. The number of hydrogen-bond donors (Lipinski definition) is 0. The summed E-state index contributed by atoms with van der Waals surface area (Å²) in [5.41, 5.74) is 0. The molecule has 2 radical (unpaired) electrons. The van der Waals surface area contributed by atoms with E-state index in [2.05, 4.69) is 6.55 Å². The Bertz CT molecular complexity index is 74.8. The smallest absolute Gasteiger partial charge is 0.0342 e. The van der Waals surface area contributed by atoms with Gasteiger partial charge in [-0.1, -0.05) is 51.1 Å². The third-order valence-electron chi connectivity index (χ3n) is 2.53. The van der Waals surface area contributed by atoms with Crippen LogP contribution in [0.3, 0.4) is 0 Å². The molecule has 1 rings (SSSR count). The van der Waals surface area contributed by atoms with E-state index in [0.717, 1.165) is 5.92 Å². The molecule has 0 atom stereocenters. The molecule has 0 aromatic carbocycles. The minimum atomic E-state index is 1.11. The van der Waals surface area contributed by atoms with Gasteiger partial charge < -0.3 is 0 Å². The van der Waals surface area contributed by atoms with Crippen LogP contribution in [0, 0.1) is 5.92 Å². The van der Waals surface area contributed by atoms with E-state index in [0.29, 0.717) is 0 Å². The van der Waals surface area contributed by atoms with Crippen molar-refractivity contribution in [3.63, 3.8) is 0 Å². The van der Waals surface area contributed by atoms with Gasteiger partial charge in [0.2, 0.25) is 0 Å². The zero-order valence-electron chi connectivity index (χ0n) is 7.03. The highest BCUT2D eigenvalue weighted by molar-refractivity contribution is 6.33. The molecule has 0 nitrogen and oxygen atoms in total. The SMILES string of the molecule is C[Si]CCC1CCCCC1. The van der Waals surface area contributed by atoms with Crippen LogP contribution in [-0.4, -0.2) is 9.52 Å². The Morgan fingerprint density at radius 1 is 1.20 bits per heavy atom. The van der Waals surface area contributed by atoms with E-state index in [-0.39, 0.29) is 0 Å². The van der Waals surface area contributed by atoms with E-state index < -0.39 is 0 Å². The third-order valence-corrected chi connectivity index (χ3v) is 3.32. The van der Waals surface area contributed by atoms with Crippen molar-refractivity contribution in [3.05, 3.63) is 0 Å². The molecule has 0 unspecified atom stereocenters. The number of hydrogen-bond acceptors (Lipinski definition) is 0. The molecular weight excluding hydrogens is 136 g/mol. The van der Waals surface area contributed by atoms with Crippen LogP contribution in [0.5, 0.6) is 0 Å². The van der Waals surface area contributed by atoms with Crippen molar-refractivity contribution in [2.24, 2.45) is 5.92 Å². The summed E-state index contributed by atoms with van der Waals surface area (Å²) in [5, 5.41) is 0. The molecule has 1 saturated carbocycles. The van der Waals surface area contributed by atoms with Crippen molar-refractivity contribution in [2.45, 2.75) is 51.1 Å². The Balaban J connectivity index is 2.02. The molecule has 0 aromatic heterocycles. The first-order valence-electron chi connectivity index (χ1n) is 4.58. The molecule has 0 amide bonds. The van der Waals surface area contributed by atoms with Crippen LogP contribution in [0.25, 0.3) is 0 Å². The Morgan fingerprint density at radius 2 is 1.90 bits per heavy atom. The Labute approximate surface area is 67.2 Å². The fourth-order valence-electron chi connectivity index (χ4n) is 1.82. The van der Waals surface area contributed by atoms with Gasteiger partial charge in [0.05, 0.1) is 0 Å². The predicted octanol–water partition coefficient (Wildman–Crippen LogP) is 3.13. The summed E-state index contributed by atoms with van der Waals surface area (Å²) in [5.74, 6) is 1.11. The summed E-state index contributed by atoms with van der Waals surface area (Å²) >= 11 is 0. The summed E-state index contributed by atoms with van der Waals surface area (Å²) < 4.78 is 0. The van der Waals surface area contributed by atoms with E-state index in [1.165, 1.54) is 54.1 Å². The van der Waals surface area contributed by atoms with Gasteiger partial charge in [0.25, 0.3) is 0 Å². The average Bonchev–Trinajstić information content (AvgIpc) is 2.03. The van der Waals surface area contributed by atoms with Crippen molar-refractivity contribution in [3.8, 4) is 0 Å². The van der Waals surface area contributed by atoms with E-state index in [9.17, 15) is 0 Å². The zero-order valence-corrected chi connectivity index (χ0v) is 8.03. The summed E-state index contributed by atoms with van der Waals surface area (Å²) in [7, 11) is 1.18. The lowest BCUT2D eigenvalue weighted by atomic mass is 9.88. The van der Waals surface area contributed by atoms with Crippen molar-refractivity contribution in [1.29, 1.82) is 0 Å². The van der Waals surface area contributed by atoms with Gasteiger partial charge in [-0.05, 0) is 5.92 Å². The van der Waals surface area contributed by atoms with Gasteiger partial charge in [-0.2, -0.15) is 0 Å². The topological polar surface area (TPSA) is 0 Å².